The van der Waals surface area contributed by atoms with Gasteiger partial charge < -0.3 is 4.74 Å². The Morgan fingerprint density at radius 2 is 1.87 bits per heavy atom. The molecular formula is C21H21N3O4S3. The van der Waals surface area contributed by atoms with Crippen molar-refractivity contribution in [3.05, 3.63) is 63.3 Å². The van der Waals surface area contributed by atoms with E-state index in [1.165, 1.54) is 42.4 Å². The van der Waals surface area contributed by atoms with Crippen molar-refractivity contribution in [1.29, 1.82) is 0 Å². The fourth-order valence-electron chi connectivity index (χ4n) is 3.07. The number of hydrogen-bond acceptors (Lipinski definition) is 7. The summed E-state index contributed by atoms with van der Waals surface area (Å²) in [5.74, 6) is 0.532. The molecule has 3 heterocycles. The molecule has 0 unspecified atom stereocenters. The second kappa shape index (κ2) is 8.54. The molecule has 0 N–H and O–H groups in total. The Hall–Kier alpha value is -2.53. The molecule has 0 atom stereocenters. The SMILES string of the molecule is Cc1ccc(-c2csc3ncn(CCOc4ccc(S(=O)(=O)N(C)C)cc4)c(=O)c23)s1. The van der Waals surface area contributed by atoms with Crippen molar-refractivity contribution >= 4 is 42.9 Å². The van der Waals surface area contributed by atoms with Gasteiger partial charge in [-0.25, -0.2) is 17.7 Å². The van der Waals surface area contributed by atoms with E-state index in [4.69, 9.17) is 4.74 Å². The molecule has 4 rings (SSSR count). The number of hydrogen-bond donors (Lipinski definition) is 0. The number of thiophene rings is 2. The van der Waals surface area contributed by atoms with Crippen LogP contribution in [0.15, 0.2) is 57.8 Å². The second-order valence-corrected chi connectivity index (χ2v) is 11.4. The average Bonchev–Trinajstić information content (AvgIpc) is 3.36. The first-order valence-electron chi connectivity index (χ1n) is 9.46. The van der Waals surface area contributed by atoms with Crippen LogP contribution < -0.4 is 10.3 Å². The molecule has 0 amide bonds. The van der Waals surface area contributed by atoms with E-state index >= 15 is 0 Å². The molecule has 0 fully saturated rings. The van der Waals surface area contributed by atoms with E-state index < -0.39 is 10.0 Å². The minimum Gasteiger partial charge on any atom is -0.492 e. The minimum absolute atomic E-state index is 0.0941. The Labute approximate surface area is 188 Å². The first-order valence-corrected chi connectivity index (χ1v) is 12.6. The Bertz CT molecular complexity index is 1380. The Morgan fingerprint density at radius 1 is 1.13 bits per heavy atom. The number of rotatable bonds is 7. The molecule has 0 aliphatic carbocycles. The van der Waals surface area contributed by atoms with Gasteiger partial charge in [-0.3, -0.25) is 9.36 Å². The lowest BCUT2D eigenvalue weighted by molar-refractivity contribution is 0.296. The van der Waals surface area contributed by atoms with Gasteiger partial charge in [-0.15, -0.1) is 22.7 Å². The normalized spacial score (nSPS) is 12.0. The second-order valence-electron chi connectivity index (χ2n) is 7.09. The highest BCUT2D eigenvalue weighted by Gasteiger charge is 2.17. The topological polar surface area (TPSA) is 81.5 Å². The summed E-state index contributed by atoms with van der Waals surface area (Å²) < 4.78 is 32.7. The number of benzene rings is 1. The van der Waals surface area contributed by atoms with Gasteiger partial charge in [0.25, 0.3) is 5.56 Å². The maximum atomic E-state index is 13.1. The van der Waals surface area contributed by atoms with Crippen molar-refractivity contribution in [2.45, 2.75) is 18.4 Å². The monoisotopic (exact) mass is 475 g/mol. The zero-order valence-corrected chi connectivity index (χ0v) is 19.7. The van der Waals surface area contributed by atoms with Gasteiger partial charge in [0.05, 0.1) is 23.2 Å². The van der Waals surface area contributed by atoms with Crippen molar-refractivity contribution in [3.63, 3.8) is 0 Å². The summed E-state index contributed by atoms with van der Waals surface area (Å²) in [5.41, 5.74) is 0.826. The quantitative estimate of drug-likeness (QED) is 0.406. The number of aryl methyl sites for hydroxylation is 1. The van der Waals surface area contributed by atoms with E-state index in [-0.39, 0.29) is 17.1 Å². The van der Waals surface area contributed by atoms with Crippen LogP contribution in [0.3, 0.4) is 0 Å². The Balaban J connectivity index is 1.50. The summed E-state index contributed by atoms with van der Waals surface area (Å²) >= 11 is 3.12. The van der Waals surface area contributed by atoms with Crippen LogP contribution in [0.5, 0.6) is 5.75 Å². The van der Waals surface area contributed by atoms with Gasteiger partial charge >= 0.3 is 0 Å². The lowest BCUT2D eigenvalue weighted by Crippen LogP contribution is -2.23. The van der Waals surface area contributed by atoms with Crippen molar-refractivity contribution < 1.29 is 13.2 Å². The van der Waals surface area contributed by atoms with E-state index in [0.717, 1.165) is 19.6 Å². The maximum Gasteiger partial charge on any atom is 0.262 e. The molecule has 1 aromatic carbocycles. The van der Waals surface area contributed by atoms with E-state index in [1.807, 2.05) is 24.4 Å². The van der Waals surface area contributed by atoms with Crippen LogP contribution in [0.25, 0.3) is 20.7 Å². The van der Waals surface area contributed by atoms with Gasteiger partial charge in [-0.05, 0) is 43.3 Å². The Kier molecular flexibility index (Phi) is 5.98. The van der Waals surface area contributed by atoms with Gasteiger partial charge in [0.2, 0.25) is 10.0 Å². The third-order valence-electron chi connectivity index (χ3n) is 4.77. The number of ether oxygens (including phenoxy) is 1. The van der Waals surface area contributed by atoms with Crippen LogP contribution in [-0.2, 0) is 16.6 Å². The maximum absolute atomic E-state index is 13.1. The highest BCUT2D eigenvalue weighted by atomic mass is 32.2. The minimum atomic E-state index is -3.48. The van der Waals surface area contributed by atoms with Crippen molar-refractivity contribution in [2.75, 3.05) is 20.7 Å². The van der Waals surface area contributed by atoms with Gasteiger partial charge in [0.1, 0.15) is 17.2 Å². The van der Waals surface area contributed by atoms with Crippen LogP contribution in [-0.4, -0.2) is 43.0 Å². The van der Waals surface area contributed by atoms with Crippen molar-refractivity contribution in [2.24, 2.45) is 0 Å². The molecule has 0 bridgehead atoms. The summed E-state index contributed by atoms with van der Waals surface area (Å²) in [6.07, 6.45) is 1.54. The average molecular weight is 476 g/mol. The molecule has 4 aromatic rings. The van der Waals surface area contributed by atoms with Crippen molar-refractivity contribution in [3.8, 4) is 16.2 Å². The smallest absolute Gasteiger partial charge is 0.262 e. The predicted molar refractivity (Wildman–Crippen MR) is 125 cm³/mol. The first kappa shape index (κ1) is 21.7. The summed E-state index contributed by atoms with van der Waals surface area (Å²) in [7, 11) is -0.504. The molecule has 0 radical (unpaired) electrons. The molecule has 0 aliphatic heterocycles. The predicted octanol–water partition coefficient (Wildman–Crippen LogP) is 3.82. The molecule has 7 nitrogen and oxygen atoms in total. The van der Waals surface area contributed by atoms with Crippen LogP contribution in [0.4, 0.5) is 0 Å². The van der Waals surface area contributed by atoms with Gasteiger partial charge in [-0.1, -0.05) is 0 Å². The summed E-state index contributed by atoms with van der Waals surface area (Å²) in [6.45, 7) is 2.63. The third kappa shape index (κ3) is 4.29. The van der Waals surface area contributed by atoms with E-state index in [2.05, 4.69) is 4.98 Å². The molecule has 0 saturated heterocycles. The lowest BCUT2D eigenvalue weighted by atomic mass is 10.2. The van der Waals surface area contributed by atoms with Crippen molar-refractivity contribution in [1.82, 2.24) is 13.9 Å². The molecule has 0 spiro atoms. The molecular weight excluding hydrogens is 454 g/mol. The summed E-state index contributed by atoms with van der Waals surface area (Å²) in [6, 6.07) is 10.3. The lowest BCUT2D eigenvalue weighted by Gasteiger charge is -2.12. The van der Waals surface area contributed by atoms with E-state index in [1.54, 1.807) is 34.4 Å². The standard InChI is InChI=1S/C21H21N3O4S3/c1-14-4-9-18(30-14)17-12-29-20-19(17)21(25)24(13-22-20)10-11-28-15-5-7-16(8-6-15)31(26,27)23(2)3/h4-9,12-13H,10-11H2,1-3H3. The van der Waals surface area contributed by atoms with Crippen LogP contribution in [0.1, 0.15) is 4.88 Å². The first-order chi connectivity index (χ1) is 14.8. The summed E-state index contributed by atoms with van der Waals surface area (Å²) in [4.78, 5) is 20.7. The zero-order chi connectivity index (χ0) is 22.2. The Morgan fingerprint density at radius 3 is 2.52 bits per heavy atom. The number of nitrogens with zero attached hydrogens (tertiary/aromatic N) is 3. The van der Waals surface area contributed by atoms with Crippen LogP contribution >= 0.6 is 22.7 Å². The van der Waals surface area contributed by atoms with Gasteiger partial charge in [0.15, 0.2) is 0 Å². The fraction of sp³-hybridized carbons (Fsp3) is 0.238. The molecule has 31 heavy (non-hydrogen) atoms. The number of fused-ring (bicyclic) bond motifs is 1. The summed E-state index contributed by atoms with van der Waals surface area (Å²) in [5, 5.41) is 2.61. The van der Waals surface area contributed by atoms with Gasteiger partial charge in [-0.2, -0.15) is 0 Å². The van der Waals surface area contributed by atoms with E-state index in [9.17, 15) is 13.2 Å². The number of sulfonamides is 1. The molecule has 3 aromatic heterocycles. The highest BCUT2D eigenvalue weighted by molar-refractivity contribution is 7.89. The highest BCUT2D eigenvalue weighted by Crippen LogP contribution is 2.34. The van der Waals surface area contributed by atoms with Crippen LogP contribution in [0, 0.1) is 6.92 Å². The fourth-order valence-corrected chi connectivity index (χ4v) is 5.83. The van der Waals surface area contributed by atoms with Gasteiger partial charge in [0, 0.05) is 34.8 Å². The zero-order valence-electron chi connectivity index (χ0n) is 17.2. The molecule has 10 heteroatoms. The number of aromatic nitrogens is 2. The third-order valence-corrected chi connectivity index (χ3v) is 8.52. The van der Waals surface area contributed by atoms with Crippen LogP contribution in [0.2, 0.25) is 0 Å². The van der Waals surface area contributed by atoms with E-state index in [0.29, 0.717) is 17.7 Å². The largest absolute Gasteiger partial charge is 0.492 e. The molecule has 162 valence electrons. The molecule has 0 saturated carbocycles. The molecule has 0 aliphatic rings.